The maximum absolute atomic E-state index is 13.7. The fraction of sp³-hybridized carbons (Fsp3) is 0.346. The Morgan fingerprint density at radius 1 is 1.27 bits per heavy atom. The molecule has 2 aromatic carbocycles. The number of sulfonamides is 1. The highest BCUT2D eigenvalue weighted by atomic mass is 35.5. The topological polar surface area (TPSA) is 161 Å². The fourth-order valence-corrected chi connectivity index (χ4v) is 6.45. The minimum atomic E-state index is -3.94. The van der Waals surface area contributed by atoms with Gasteiger partial charge >= 0.3 is 6.09 Å². The first kappa shape index (κ1) is 29.6. The van der Waals surface area contributed by atoms with Crippen molar-refractivity contribution in [2.45, 2.75) is 44.3 Å². The van der Waals surface area contributed by atoms with E-state index in [0.717, 1.165) is 5.56 Å². The van der Waals surface area contributed by atoms with E-state index in [9.17, 15) is 18.3 Å². The normalized spacial score (nSPS) is 12.5. The Balaban J connectivity index is 1.39. The van der Waals surface area contributed by atoms with Crippen molar-refractivity contribution in [3.63, 3.8) is 0 Å². The predicted molar refractivity (Wildman–Crippen MR) is 154 cm³/mol. The number of oxazole rings is 1. The molecule has 0 spiro atoms. The third kappa shape index (κ3) is 7.62. The van der Waals surface area contributed by atoms with Crippen LogP contribution in [0.1, 0.15) is 30.7 Å². The average Bonchev–Trinajstić information content (AvgIpc) is 3.51. The quantitative estimate of drug-likeness (QED) is 0.209. The van der Waals surface area contributed by atoms with Crippen LogP contribution in [0.15, 0.2) is 58.0 Å². The highest BCUT2D eigenvalue weighted by Gasteiger charge is 2.27. The van der Waals surface area contributed by atoms with Crippen LogP contribution in [-0.2, 0) is 27.8 Å². The average molecular weight is 608 g/mol. The van der Waals surface area contributed by atoms with E-state index in [1.807, 2.05) is 19.9 Å². The molecule has 4 N–H and O–H groups in total. The Labute approximate surface area is 241 Å². The number of hydrogen-bond donors (Lipinski definition) is 3. The van der Waals surface area contributed by atoms with Crippen LogP contribution in [0.2, 0.25) is 4.47 Å². The fourth-order valence-electron chi connectivity index (χ4n) is 3.93. The number of anilines is 2. The van der Waals surface area contributed by atoms with Crippen molar-refractivity contribution < 1.29 is 27.5 Å². The van der Waals surface area contributed by atoms with Crippen LogP contribution in [0.3, 0.4) is 0 Å². The molecule has 1 amide bonds. The highest BCUT2D eigenvalue weighted by molar-refractivity contribution is 7.92. The number of benzene rings is 2. The molecule has 11 nitrogen and oxygen atoms in total. The molecule has 0 aliphatic carbocycles. The summed E-state index contributed by atoms with van der Waals surface area (Å²) in [7, 11) is -3.94. The number of nitrogen functional groups attached to an aromatic ring is 1. The van der Waals surface area contributed by atoms with Crippen molar-refractivity contribution in [1.82, 2.24) is 15.3 Å². The molecular weight excluding hydrogens is 578 g/mol. The summed E-state index contributed by atoms with van der Waals surface area (Å²) in [5.74, 6) is 0.0452. The zero-order valence-electron chi connectivity index (χ0n) is 21.9. The monoisotopic (exact) mass is 607 g/mol. The van der Waals surface area contributed by atoms with Gasteiger partial charge in [0.1, 0.15) is 12.1 Å². The zero-order chi connectivity index (χ0) is 28.9. The van der Waals surface area contributed by atoms with Gasteiger partial charge in [0.15, 0.2) is 10.0 Å². The van der Waals surface area contributed by atoms with E-state index in [2.05, 4.69) is 15.3 Å². The molecule has 1 atom stereocenters. The van der Waals surface area contributed by atoms with E-state index in [1.54, 1.807) is 24.3 Å². The second-order valence-electron chi connectivity index (χ2n) is 9.51. The minimum Gasteiger partial charge on any atom is -0.444 e. The Morgan fingerprint density at radius 2 is 2.08 bits per heavy atom. The van der Waals surface area contributed by atoms with Crippen LogP contribution in [-0.4, -0.2) is 48.8 Å². The maximum Gasteiger partial charge on any atom is 0.407 e. The molecule has 214 valence electrons. The van der Waals surface area contributed by atoms with Gasteiger partial charge in [-0.05, 0) is 48.6 Å². The summed E-state index contributed by atoms with van der Waals surface area (Å²) >= 11 is 6.97. The number of fused-ring (bicyclic) bond motifs is 1. The van der Waals surface area contributed by atoms with Crippen molar-refractivity contribution in [2.75, 3.05) is 23.1 Å². The second kappa shape index (κ2) is 12.9. The molecule has 1 unspecified atom stereocenters. The van der Waals surface area contributed by atoms with Gasteiger partial charge < -0.3 is 25.3 Å². The van der Waals surface area contributed by atoms with Crippen LogP contribution in [0.25, 0.3) is 11.1 Å². The van der Waals surface area contributed by atoms with E-state index >= 15 is 0 Å². The number of nitrogens with one attached hydrogen (secondary N) is 1. The third-order valence-corrected chi connectivity index (χ3v) is 8.69. The largest absolute Gasteiger partial charge is 0.444 e. The molecule has 14 heteroatoms. The van der Waals surface area contributed by atoms with Gasteiger partial charge in [-0.25, -0.2) is 18.2 Å². The highest BCUT2D eigenvalue weighted by Crippen LogP contribution is 2.29. The summed E-state index contributed by atoms with van der Waals surface area (Å²) in [4.78, 5) is 20.6. The molecule has 0 radical (unpaired) electrons. The number of halogens is 1. The van der Waals surface area contributed by atoms with Crippen molar-refractivity contribution in [2.24, 2.45) is 5.92 Å². The number of hydrogen-bond acceptors (Lipinski definition) is 10. The third-order valence-electron chi connectivity index (χ3n) is 5.81. The van der Waals surface area contributed by atoms with Gasteiger partial charge in [-0.3, -0.25) is 4.31 Å². The number of thiazole rings is 1. The van der Waals surface area contributed by atoms with Crippen molar-refractivity contribution in [1.29, 1.82) is 0 Å². The van der Waals surface area contributed by atoms with Crippen molar-refractivity contribution in [3.8, 4) is 0 Å². The lowest BCUT2D eigenvalue weighted by Gasteiger charge is -2.26. The first-order valence-corrected chi connectivity index (χ1v) is 15.1. The Hall–Kier alpha value is -3.39. The molecule has 0 saturated carbocycles. The lowest BCUT2D eigenvalue weighted by Crippen LogP contribution is -2.34. The number of carbonyl (C=O) groups is 1. The number of nitrogens with two attached hydrogens (primary N) is 1. The van der Waals surface area contributed by atoms with Gasteiger partial charge in [-0.15, -0.1) is 11.3 Å². The Bertz CT molecular complexity index is 1570. The first-order chi connectivity index (χ1) is 19.0. The molecule has 4 rings (SSSR count). The van der Waals surface area contributed by atoms with Gasteiger partial charge in [0.25, 0.3) is 16.0 Å². The SMILES string of the molecule is CC(C)CN(c1cccc(CCC(O)CNC(=O)OCc2cnc(Cl)s2)c1)S(=O)(=O)c1ccc2nc(N)oc2c1. The van der Waals surface area contributed by atoms with Gasteiger partial charge in [-0.1, -0.05) is 37.6 Å². The lowest BCUT2D eigenvalue weighted by atomic mass is 10.1. The minimum absolute atomic E-state index is 0.00442. The van der Waals surface area contributed by atoms with E-state index < -0.39 is 22.2 Å². The molecule has 2 aromatic heterocycles. The zero-order valence-corrected chi connectivity index (χ0v) is 24.3. The number of nitrogens with zero attached hydrogens (tertiary/aromatic N) is 3. The summed E-state index contributed by atoms with van der Waals surface area (Å²) in [5.41, 5.74) is 7.71. The van der Waals surface area contributed by atoms with Gasteiger partial charge in [0.05, 0.1) is 21.6 Å². The summed E-state index contributed by atoms with van der Waals surface area (Å²) < 4.78 is 39.6. The van der Waals surface area contributed by atoms with E-state index in [1.165, 1.54) is 34.0 Å². The van der Waals surface area contributed by atoms with Crippen LogP contribution in [0.4, 0.5) is 16.5 Å². The van der Waals surface area contributed by atoms with Gasteiger partial charge in [0.2, 0.25) is 0 Å². The number of aliphatic hydroxyl groups is 1. The van der Waals surface area contributed by atoms with Gasteiger partial charge in [-0.2, -0.15) is 4.98 Å². The molecule has 4 aromatic rings. The predicted octanol–water partition coefficient (Wildman–Crippen LogP) is 4.59. The standard InChI is InChI=1S/C26H30ClN5O6S2/c1-16(2)14-32(40(35,36)21-8-9-22-23(11-21)38-25(28)31-22)18-5-3-4-17(10-18)6-7-19(33)12-30-26(34)37-15-20-13-29-24(27)39-20/h3-5,8-11,13,16,19,33H,6-7,12,14-15H2,1-2H3,(H2,28,31)(H,30,34). The van der Waals surface area contributed by atoms with Gasteiger partial charge in [0, 0.05) is 25.4 Å². The summed E-state index contributed by atoms with van der Waals surface area (Å²) in [5, 5.41) is 12.9. The van der Waals surface area contributed by atoms with Crippen LogP contribution < -0.4 is 15.4 Å². The second-order valence-corrected chi connectivity index (χ2v) is 13.1. The van der Waals surface area contributed by atoms with Crippen LogP contribution >= 0.6 is 22.9 Å². The molecule has 0 aliphatic rings. The number of aromatic nitrogens is 2. The molecule has 40 heavy (non-hydrogen) atoms. The molecule has 0 bridgehead atoms. The molecule has 0 fully saturated rings. The number of aliphatic hydroxyl groups excluding tert-OH is 1. The Kier molecular flexibility index (Phi) is 9.51. The molecule has 0 saturated heterocycles. The van der Waals surface area contributed by atoms with Crippen LogP contribution in [0.5, 0.6) is 0 Å². The van der Waals surface area contributed by atoms with Crippen molar-refractivity contribution >= 4 is 61.9 Å². The molecular formula is C26H30ClN5O6S2. The van der Waals surface area contributed by atoms with E-state index in [4.69, 9.17) is 26.5 Å². The Morgan fingerprint density at radius 3 is 2.80 bits per heavy atom. The van der Waals surface area contributed by atoms with Crippen molar-refractivity contribution in [3.05, 3.63) is 63.6 Å². The number of aryl methyl sites for hydroxylation is 1. The summed E-state index contributed by atoms with van der Waals surface area (Å²) in [6, 6.07) is 11.6. The number of carbonyl (C=O) groups excluding carboxylic acids is 1. The molecule has 0 aliphatic heterocycles. The number of alkyl carbamates (subject to hydrolysis) is 1. The summed E-state index contributed by atoms with van der Waals surface area (Å²) in [6.07, 6.45) is 0.845. The number of rotatable bonds is 12. The van der Waals surface area contributed by atoms with E-state index in [-0.39, 0.29) is 42.1 Å². The lowest BCUT2D eigenvalue weighted by molar-refractivity contribution is 0.124. The number of ether oxygens (including phenoxy) is 1. The maximum atomic E-state index is 13.7. The summed E-state index contributed by atoms with van der Waals surface area (Å²) in [6.45, 7) is 4.17. The molecule has 2 heterocycles. The smallest absolute Gasteiger partial charge is 0.407 e. The van der Waals surface area contributed by atoms with Crippen LogP contribution in [0, 0.1) is 5.92 Å². The first-order valence-electron chi connectivity index (χ1n) is 12.5. The van der Waals surface area contributed by atoms with E-state index in [0.29, 0.717) is 33.4 Å². The number of amides is 1.